The number of benzene rings is 1. The van der Waals surface area contributed by atoms with E-state index in [0.717, 1.165) is 11.0 Å². The number of nitrogens with zero attached hydrogens (tertiary/aromatic N) is 1. The van der Waals surface area contributed by atoms with E-state index in [1.54, 1.807) is 0 Å². The van der Waals surface area contributed by atoms with Gasteiger partial charge in [-0.1, -0.05) is 0 Å². The number of amides is 2. The molecule has 1 aromatic carbocycles. The maximum atomic E-state index is 11.9. The first-order valence-electron chi connectivity index (χ1n) is 6.01. The van der Waals surface area contributed by atoms with Crippen molar-refractivity contribution >= 4 is 29.4 Å². The zero-order chi connectivity index (χ0) is 15.7. The number of aromatic carboxylic acids is 2. The molecule has 0 radical (unpaired) electrons. The van der Waals surface area contributed by atoms with Crippen LogP contribution in [0.5, 0.6) is 0 Å². The molecule has 8 nitrogen and oxygen atoms in total. The largest absolute Gasteiger partial charge is 0.478 e. The zero-order valence-corrected chi connectivity index (χ0v) is 10.8. The monoisotopic (exact) mass is 292 g/mol. The predicted octanol–water partition coefficient (Wildman–Crippen LogP) is -0.0788. The summed E-state index contributed by atoms with van der Waals surface area (Å²) >= 11 is 0. The van der Waals surface area contributed by atoms with Gasteiger partial charge < -0.3 is 20.8 Å². The summed E-state index contributed by atoms with van der Waals surface area (Å²) in [6.07, 6.45) is -0.0882. The summed E-state index contributed by atoms with van der Waals surface area (Å²) in [5.41, 5.74) is 4.70. The van der Waals surface area contributed by atoms with Gasteiger partial charge in [0, 0.05) is 13.0 Å². The molecule has 1 saturated heterocycles. The highest BCUT2D eigenvalue weighted by Crippen LogP contribution is 2.29. The number of carbonyl (C=O) groups excluding carboxylic acids is 2. The van der Waals surface area contributed by atoms with Gasteiger partial charge in [-0.3, -0.25) is 9.59 Å². The molecule has 1 aliphatic heterocycles. The molecule has 1 atom stereocenters. The van der Waals surface area contributed by atoms with E-state index in [1.807, 2.05) is 0 Å². The van der Waals surface area contributed by atoms with Crippen LogP contribution in [0, 0.1) is 5.92 Å². The van der Waals surface area contributed by atoms with Gasteiger partial charge in [0.2, 0.25) is 11.8 Å². The molecule has 1 aromatic rings. The molecule has 0 bridgehead atoms. The summed E-state index contributed by atoms with van der Waals surface area (Å²) in [5, 5.41) is 18.1. The van der Waals surface area contributed by atoms with E-state index < -0.39 is 29.7 Å². The SMILES string of the molecule is NC(=O)C1CC(=O)N(c2ccc(C(=O)O)cc2C(=O)O)C1. The molecule has 8 heteroatoms. The van der Waals surface area contributed by atoms with Gasteiger partial charge in [0.25, 0.3) is 0 Å². The molecule has 0 aliphatic carbocycles. The Labute approximate surface area is 118 Å². The molecule has 1 fully saturated rings. The average molecular weight is 292 g/mol. The number of nitrogens with two attached hydrogens (primary N) is 1. The Morgan fingerprint density at radius 1 is 1.19 bits per heavy atom. The fourth-order valence-corrected chi connectivity index (χ4v) is 2.21. The Bertz CT molecular complexity index is 654. The number of carboxylic acid groups (broad SMARTS) is 2. The quantitative estimate of drug-likeness (QED) is 0.709. The molecular weight excluding hydrogens is 280 g/mol. The van der Waals surface area contributed by atoms with Crippen molar-refractivity contribution < 1.29 is 29.4 Å². The third kappa shape index (κ3) is 2.69. The van der Waals surface area contributed by atoms with Crippen LogP contribution in [-0.4, -0.2) is 40.5 Å². The molecule has 2 amide bonds. The van der Waals surface area contributed by atoms with Crippen molar-refractivity contribution in [2.75, 3.05) is 11.4 Å². The van der Waals surface area contributed by atoms with Crippen molar-refractivity contribution in [2.24, 2.45) is 11.7 Å². The van der Waals surface area contributed by atoms with Crippen LogP contribution < -0.4 is 10.6 Å². The molecule has 0 saturated carbocycles. The molecule has 1 unspecified atom stereocenters. The minimum atomic E-state index is -1.36. The lowest BCUT2D eigenvalue weighted by atomic mass is 10.1. The van der Waals surface area contributed by atoms with E-state index in [1.165, 1.54) is 12.1 Å². The molecule has 21 heavy (non-hydrogen) atoms. The van der Waals surface area contributed by atoms with E-state index >= 15 is 0 Å². The van der Waals surface area contributed by atoms with Crippen LogP contribution >= 0.6 is 0 Å². The summed E-state index contributed by atoms with van der Waals surface area (Å²) in [7, 11) is 0. The minimum absolute atomic E-state index is 0.0130. The van der Waals surface area contributed by atoms with Crippen molar-refractivity contribution in [2.45, 2.75) is 6.42 Å². The van der Waals surface area contributed by atoms with Crippen LogP contribution in [0.2, 0.25) is 0 Å². The highest BCUT2D eigenvalue weighted by Gasteiger charge is 2.35. The van der Waals surface area contributed by atoms with Crippen LogP contribution in [0.15, 0.2) is 18.2 Å². The lowest BCUT2D eigenvalue weighted by molar-refractivity contribution is -0.123. The maximum absolute atomic E-state index is 11.9. The number of hydrogen-bond acceptors (Lipinski definition) is 4. The third-order valence-corrected chi connectivity index (χ3v) is 3.29. The Hall–Kier alpha value is -2.90. The number of rotatable bonds is 4. The van der Waals surface area contributed by atoms with Crippen molar-refractivity contribution in [1.82, 2.24) is 0 Å². The summed E-state index contributed by atoms with van der Waals surface area (Å²) in [6, 6.07) is 3.42. The number of hydrogen-bond donors (Lipinski definition) is 3. The number of anilines is 1. The zero-order valence-electron chi connectivity index (χ0n) is 10.8. The molecule has 1 aliphatic rings. The summed E-state index contributed by atoms with van der Waals surface area (Å²) in [5.74, 6) is -4.37. The molecule has 1 heterocycles. The van der Waals surface area contributed by atoms with Crippen molar-refractivity contribution in [3.8, 4) is 0 Å². The summed E-state index contributed by atoms with van der Waals surface area (Å²) in [6.45, 7) is -0.0130. The van der Waals surface area contributed by atoms with E-state index in [0.29, 0.717) is 0 Å². The van der Waals surface area contributed by atoms with Crippen LogP contribution in [0.25, 0.3) is 0 Å². The number of primary amides is 1. The van der Waals surface area contributed by atoms with Crippen LogP contribution in [0.3, 0.4) is 0 Å². The molecule has 0 spiro atoms. The van der Waals surface area contributed by atoms with Gasteiger partial charge in [0.05, 0.1) is 22.7 Å². The summed E-state index contributed by atoms with van der Waals surface area (Å²) in [4.78, 5) is 46.3. The van der Waals surface area contributed by atoms with Gasteiger partial charge in [-0.25, -0.2) is 9.59 Å². The minimum Gasteiger partial charge on any atom is -0.478 e. The smallest absolute Gasteiger partial charge is 0.337 e. The Morgan fingerprint density at radius 3 is 2.33 bits per heavy atom. The van der Waals surface area contributed by atoms with Gasteiger partial charge in [0.1, 0.15) is 0 Å². The normalized spacial score (nSPS) is 17.8. The van der Waals surface area contributed by atoms with Gasteiger partial charge in [-0.15, -0.1) is 0 Å². The Balaban J connectivity index is 2.44. The van der Waals surface area contributed by atoms with E-state index in [2.05, 4.69) is 0 Å². The molecule has 110 valence electrons. The van der Waals surface area contributed by atoms with Crippen LogP contribution in [0.1, 0.15) is 27.1 Å². The van der Waals surface area contributed by atoms with Crippen molar-refractivity contribution in [1.29, 1.82) is 0 Å². The molecular formula is C13H12N2O6. The first-order valence-corrected chi connectivity index (χ1v) is 6.01. The highest BCUT2D eigenvalue weighted by atomic mass is 16.4. The highest BCUT2D eigenvalue weighted by molar-refractivity contribution is 6.06. The van der Waals surface area contributed by atoms with E-state index in [9.17, 15) is 24.3 Å². The van der Waals surface area contributed by atoms with Crippen molar-refractivity contribution in [3.63, 3.8) is 0 Å². The van der Waals surface area contributed by atoms with Crippen LogP contribution in [0.4, 0.5) is 5.69 Å². The standard InChI is InChI=1S/C13H12N2O6/c14-11(17)7-4-10(16)15(5-7)9-2-1-6(12(18)19)3-8(9)13(20)21/h1-3,7H,4-5H2,(H2,14,17)(H,18,19)(H,20,21). The predicted molar refractivity (Wildman–Crippen MR) is 70.0 cm³/mol. The van der Waals surface area contributed by atoms with Gasteiger partial charge in [0.15, 0.2) is 0 Å². The van der Waals surface area contributed by atoms with Gasteiger partial charge in [-0.2, -0.15) is 0 Å². The summed E-state index contributed by atoms with van der Waals surface area (Å²) < 4.78 is 0. The fourth-order valence-electron chi connectivity index (χ4n) is 2.21. The first-order chi connectivity index (χ1) is 9.81. The number of carbonyl (C=O) groups is 4. The van der Waals surface area contributed by atoms with Gasteiger partial charge in [-0.05, 0) is 18.2 Å². The lowest BCUT2D eigenvalue weighted by Gasteiger charge is -2.19. The third-order valence-electron chi connectivity index (χ3n) is 3.29. The van der Waals surface area contributed by atoms with Gasteiger partial charge >= 0.3 is 11.9 Å². The van der Waals surface area contributed by atoms with Crippen LogP contribution in [-0.2, 0) is 9.59 Å². The van der Waals surface area contributed by atoms with E-state index in [4.69, 9.17) is 10.8 Å². The van der Waals surface area contributed by atoms with Crippen molar-refractivity contribution in [3.05, 3.63) is 29.3 Å². The van der Waals surface area contributed by atoms with E-state index in [-0.39, 0.29) is 29.8 Å². The molecule has 4 N–H and O–H groups in total. The second kappa shape index (κ2) is 5.23. The Kier molecular flexibility index (Phi) is 3.62. The second-order valence-corrected chi connectivity index (χ2v) is 4.65. The first kappa shape index (κ1) is 14.5. The fraction of sp³-hybridized carbons (Fsp3) is 0.231. The lowest BCUT2D eigenvalue weighted by Crippen LogP contribution is -2.29. The Morgan fingerprint density at radius 2 is 1.86 bits per heavy atom. The number of carboxylic acids is 2. The maximum Gasteiger partial charge on any atom is 0.337 e. The average Bonchev–Trinajstić information content (AvgIpc) is 2.80. The second-order valence-electron chi connectivity index (χ2n) is 4.65. The molecule has 2 rings (SSSR count). The molecule has 0 aromatic heterocycles. The topological polar surface area (TPSA) is 138 Å².